The Labute approximate surface area is 165 Å². The van der Waals surface area contributed by atoms with E-state index in [0.717, 1.165) is 55.8 Å². The molecule has 7 heteroatoms. The zero-order chi connectivity index (χ0) is 16.5. The molecule has 1 aliphatic heterocycles. The number of halogens is 2. The summed E-state index contributed by atoms with van der Waals surface area (Å²) in [6.45, 7) is 6.56. The van der Waals surface area contributed by atoms with Gasteiger partial charge in [-0.25, -0.2) is 4.39 Å². The number of methoxy groups -OCH3 is 1. The van der Waals surface area contributed by atoms with Crippen LogP contribution in [0.3, 0.4) is 0 Å². The Hall–Kier alpha value is -0.540. The van der Waals surface area contributed by atoms with Gasteiger partial charge in [-0.1, -0.05) is 0 Å². The number of nitrogens with zero attached hydrogens (tertiary/aromatic N) is 2. The second-order valence-electron chi connectivity index (χ2n) is 5.59. The minimum Gasteiger partial charge on any atom is -0.384 e. The molecule has 24 heavy (non-hydrogen) atoms. The highest BCUT2D eigenvalue weighted by Gasteiger charge is 2.24. The Balaban J connectivity index is 0.00000288. The fraction of sp³-hybridized carbons (Fsp3) is 0.588. The monoisotopic (exact) mass is 467 g/mol. The van der Waals surface area contributed by atoms with Crippen molar-refractivity contribution in [3.05, 3.63) is 30.1 Å². The van der Waals surface area contributed by atoms with E-state index in [-0.39, 0.29) is 29.8 Å². The first-order chi connectivity index (χ1) is 11.2. The Morgan fingerprint density at radius 1 is 1.42 bits per heavy atom. The lowest BCUT2D eigenvalue weighted by Gasteiger charge is -2.21. The molecule has 0 bridgehead atoms. The third-order valence-corrected chi connectivity index (χ3v) is 4.75. The number of thioether (sulfide) groups is 1. The Bertz CT molecular complexity index is 501. The second kappa shape index (κ2) is 11.9. The Morgan fingerprint density at radius 3 is 2.83 bits per heavy atom. The fourth-order valence-electron chi connectivity index (χ4n) is 2.67. The topological polar surface area (TPSA) is 36.9 Å². The molecule has 0 saturated carbocycles. The first-order valence-electron chi connectivity index (χ1n) is 8.13. The standard InChI is InChI=1S/C17H26FN3OS.HI/c1-3-19-17(21-10-8-14(12-21)13-22-2)20-9-11-23-16-6-4-15(18)5-7-16;/h4-7,14H,3,8-13H2,1-2H3,(H,19,20);1H. The van der Waals surface area contributed by atoms with Crippen LogP contribution in [0.25, 0.3) is 0 Å². The summed E-state index contributed by atoms with van der Waals surface area (Å²) in [6, 6.07) is 6.61. The SMILES string of the molecule is CCNC(=NCCSc1ccc(F)cc1)N1CCC(COC)C1.I. The first-order valence-corrected chi connectivity index (χ1v) is 9.12. The van der Waals surface area contributed by atoms with E-state index in [4.69, 9.17) is 9.73 Å². The summed E-state index contributed by atoms with van der Waals surface area (Å²) in [4.78, 5) is 8.11. The number of rotatable bonds is 7. The first kappa shape index (κ1) is 21.5. The van der Waals surface area contributed by atoms with Crippen molar-refractivity contribution < 1.29 is 9.13 Å². The van der Waals surface area contributed by atoms with E-state index in [1.807, 2.05) is 12.1 Å². The van der Waals surface area contributed by atoms with Crippen molar-refractivity contribution in [3.8, 4) is 0 Å². The van der Waals surface area contributed by atoms with E-state index in [0.29, 0.717) is 5.92 Å². The van der Waals surface area contributed by atoms with E-state index in [9.17, 15) is 4.39 Å². The van der Waals surface area contributed by atoms with Gasteiger partial charge in [0.25, 0.3) is 0 Å². The second-order valence-corrected chi connectivity index (χ2v) is 6.76. The summed E-state index contributed by atoms with van der Waals surface area (Å²) >= 11 is 1.70. The summed E-state index contributed by atoms with van der Waals surface area (Å²) in [5.41, 5.74) is 0. The lowest BCUT2D eigenvalue weighted by atomic mass is 10.1. The number of ether oxygens (including phenoxy) is 1. The van der Waals surface area contributed by atoms with Crippen LogP contribution in [0.4, 0.5) is 4.39 Å². The van der Waals surface area contributed by atoms with Gasteiger partial charge in [0.1, 0.15) is 5.82 Å². The zero-order valence-electron chi connectivity index (χ0n) is 14.3. The molecule has 1 aromatic carbocycles. The van der Waals surface area contributed by atoms with Crippen molar-refractivity contribution in [3.63, 3.8) is 0 Å². The predicted molar refractivity (Wildman–Crippen MR) is 110 cm³/mol. The molecule has 1 aromatic rings. The zero-order valence-corrected chi connectivity index (χ0v) is 17.5. The predicted octanol–water partition coefficient (Wildman–Crippen LogP) is 3.47. The van der Waals surface area contributed by atoms with E-state index >= 15 is 0 Å². The number of hydrogen-bond acceptors (Lipinski definition) is 3. The van der Waals surface area contributed by atoms with Gasteiger partial charge in [0, 0.05) is 43.3 Å². The maximum Gasteiger partial charge on any atom is 0.193 e. The summed E-state index contributed by atoms with van der Waals surface area (Å²) in [6.07, 6.45) is 1.16. The van der Waals surface area contributed by atoms with Crippen LogP contribution in [0.1, 0.15) is 13.3 Å². The van der Waals surface area contributed by atoms with Crippen LogP contribution in [-0.2, 0) is 4.74 Å². The van der Waals surface area contributed by atoms with Crippen LogP contribution >= 0.6 is 35.7 Å². The highest BCUT2D eigenvalue weighted by Crippen LogP contribution is 2.18. The molecule has 1 fully saturated rings. The molecule has 0 spiro atoms. The van der Waals surface area contributed by atoms with Crippen molar-refractivity contribution in [2.75, 3.05) is 45.6 Å². The van der Waals surface area contributed by atoms with Gasteiger partial charge in [-0.2, -0.15) is 0 Å². The van der Waals surface area contributed by atoms with Crippen LogP contribution in [0, 0.1) is 11.7 Å². The molecule has 1 aliphatic rings. The van der Waals surface area contributed by atoms with Crippen molar-refractivity contribution in [1.29, 1.82) is 0 Å². The third-order valence-electron chi connectivity index (χ3n) is 3.76. The average Bonchev–Trinajstić information content (AvgIpc) is 3.01. The Morgan fingerprint density at radius 2 is 2.17 bits per heavy atom. The van der Waals surface area contributed by atoms with Crippen LogP contribution in [0.15, 0.2) is 34.2 Å². The smallest absolute Gasteiger partial charge is 0.193 e. The van der Waals surface area contributed by atoms with Crippen LogP contribution in [0.2, 0.25) is 0 Å². The molecule has 1 N–H and O–H groups in total. The van der Waals surface area contributed by atoms with E-state index in [2.05, 4.69) is 17.1 Å². The van der Waals surface area contributed by atoms with Gasteiger partial charge in [-0.3, -0.25) is 4.99 Å². The lowest BCUT2D eigenvalue weighted by molar-refractivity contribution is 0.157. The lowest BCUT2D eigenvalue weighted by Crippen LogP contribution is -2.40. The van der Waals surface area contributed by atoms with Gasteiger partial charge < -0.3 is 15.0 Å². The molecule has 0 aliphatic carbocycles. The molecular formula is C17H27FIN3OS. The van der Waals surface area contributed by atoms with Crippen molar-refractivity contribution >= 4 is 41.7 Å². The molecule has 4 nitrogen and oxygen atoms in total. The molecule has 1 atom stereocenters. The maximum absolute atomic E-state index is 12.9. The highest BCUT2D eigenvalue weighted by atomic mass is 127. The van der Waals surface area contributed by atoms with Crippen LogP contribution < -0.4 is 5.32 Å². The summed E-state index contributed by atoms with van der Waals surface area (Å²) in [7, 11) is 1.76. The number of hydrogen-bond donors (Lipinski definition) is 1. The molecule has 136 valence electrons. The van der Waals surface area contributed by atoms with Crippen molar-refractivity contribution in [2.24, 2.45) is 10.9 Å². The maximum atomic E-state index is 12.9. The molecule has 2 rings (SSSR count). The van der Waals surface area contributed by atoms with Crippen molar-refractivity contribution in [2.45, 2.75) is 18.2 Å². The summed E-state index contributed by atoms with van der Waals surface area (Å²) < 4.78 is 18.1. The number of nitrogens with one attached hydrogen (secondary N) is 1. The summed E-state index contributed by atoms with van der Waals surface area (Å²) in [5, 5.41) is 3.37. The van der Waals surface area contributed by atoms with Gasteiger partial charge in [0.05, 0.1) is 13.2 Å². The number of likely N-dealkylation sites (tertiary alicyclic amines) is 1. The number of aliphatic imine (C=N–C) groups is 1. The van der Waals surface area contributed by atoms with E-state index in [1.54, 1.807) is 18.9 Å². The summed E-state index contributed by atoms with van der Waals surface area (Å²) in [5.74, 6) is 2.28. The van der Waals surface area contributed by atoms with Gasteiger partial charge in [0.2, 0.25) is 0 Å². The van der Waals surface area contributed by atoms with E-state index in [1.165, 1.54) is 12.1 Å². The largest absolute Gasteiger partial charge is 0.384 e. The quantitative estimate of drug-likeness (QED) is 0.219. The van der Waals surface area contributed by atoms with Gasteiger partial charge in [-0.15, -0.1) is 35.7 Å². The van der Waals surface area contributed by atoms with Gasteiger partial charge >= 0.3 is 0 Å². The Kier molecular flexibility index (Phi) is 10.7. The number of benzene rings is 1. The number of guanidine groups is 1. The third kappa shape index (κ3) is 7.14. The van der Waals surface area contributed by atoms with Gasteiger partial charge in [-0.05, 0) is 37.6 Å². The highest BCUT2D eigenvalue weighted by molar-refractivity contribution is 14.0. The molecule has 0 aromatic heterocycles. The van der Waals surface area contributed by atoms with Crippen LogP contribution in [0.5, 0.6) is 0 Å². The molecule has 1 unspecified atom stereocenters. The minimum absolute atomic E-state index is 0. The molecule has 0 amide bonds. The van der Waals surface area contributed by atoms with Crippen LogP contribution in [-0.4, -0.2) is 56.5 Å². The molecule has 1 saturated heterocycles. The van der Waals surface area contributed by atoms with Gasteiger partial charge in [0.15, 0.2) is 5.96 Å². The normalized spacial score (nSPS) is 17.7. The minimum atomic E-state index is -0.193. The van der Waals surface area contributed by atoms with E-state index < -0.39 is 0 Å². The fourth-order valence-corrected chi connectivity index (χ4v) is 3.42. The van der Waals surface area contributed by atoms with Crippen molar-refractivity contribution in [1.82, 2.24) is 10.2 Å². The molecule has 1 heterocycles. The average molecular weight is 467 g/mol. The molecular weight excluding hydrogens is 440 g/mol. The molecule has 0 radical (unpaired) electrons.